The maximum absolute atomic E-state index is 9.12. The van der Waals surface area contributed by atoms with Gasteiger partial charge in [0.15, 0.2) is 0 Å². The molecule has 0 aromatic heterocycles. The molecule has 3 heteroatoms. The SMILES string of the molecule is OCC1CCC(COC[C@H]2CC[C@@H](CO)CC2)CC1. The number of aliphatic hydroxyl groups is 2. The molecular formula is C16H30O3. The van der Waals surface area contributed by atoms with Crippen LogP contribution in [0.25, 0.3) is 0 Å². The summed E-state index contributed by atoms with van der Waals surface area (Å²) in [5.41, 5.74) is 0. The monoisotopic (exact) mass is 270 g/mol. The number of hydrogen-bond acceptors (Lipinski definition) is 3. The third-order valence-electron chi connectivity index (χ3n) is 5.16. The zero-order valence-electron chi connectivity index (χ0n) is 12.1. The lowest BCUT2D eigenvalue weighted by molar-refractivity contribution is 0.0345. The van der Waals surface area contributed by atoms with Crippen LogP contribution in [0.2, 0.25) is 0 Å². The van der Waals surface area contributed by atoms with Crippen molar-refractivity contribution in [3.8, 4) is 0 Å². The van der Waals surface area contributed by atoms with Crippen molar-refractivity contribution in [3.05, 3.63) is 0 Å². The summed E-state index contributed by atoms with van der Waals surface area (Å²) in [5, 5.41) is 18.2. The van der Waals surface area contributed by atoms with Gasteiger partial charge in [-0.1, -0.05) is 0 Å². The van der Waals surface area contributed by atoms with E-state index in [2.05, 4.69) is 0 Å². The van der Waals surface area contributed by atoms with Gasteiger partial charge in [0.1, 0.15) is 0 Å². The highest BCUT2D eigenvalue weighted by atomic mass is 16.5. The maximum Gasteiger partial charge on any atom is 0.0494 e. The molecule has 2 saturated carbocycles. The van der Waals surface area contributed by atoms with Gasteiger partial charge in [-0.2, -0.15) is 0 Å². The molecule has 0 aromatic carbocycles. The predicted octanol–water partition coefficient (Wildman–Crippen LogP) is 2.60. The Morgan fingerprint density at radius 1 is 0.579 bits per heavy atom. The highest BCUT2D eigenvalue weighted by Gasteiger charge is 2.23. The van der Waals surface area contributed by atoms with Crippen LogP contribution < -0.4 is 0 Å². The highest BCUT2D eigenvalue weighted by molar-refractivity contribution is 4.74. The molecule has 0 atom stereocenters. The summed E-state index contributed by atoms with van der Waals surface area (Å²) < 4.78 is 5.93. The first-order valence-corrected chi connectivity index (χ1v) is 8.11. The molecule has 112 valence electrons. The summed E-state index contributed by atoms with van der Waals surface area (Å²) in [6, 6.07) is 0. The molecule has 0 radical (unpaired) electrons. The van der Waals surface area contributed by atoms with Crippen LogP contribution in [0.1, 0.15) is 51.4 Å². The number of rotatable bonds is 6. The van der Waals surface area contributed by atoms with Gasteiger partial charge >= 0.3 is 0 Å². The van der Waals surface area contributed by atoms with Crippen LogP contribution in [-0.4, -0.2) is 36.6 Å². The first-order chi connectivity index (χ1) is 9.31. The molecule has 0 aromatic rings. The molecule has 2 N–H and O–H groups in total. The van der Waals surface area contributed by atoms with E-state index in [-0.39, 0.29) is 0 Å². The smallest absolute Gasteiger partial charge is 0.0494 e. The molecule has 0 bridgehead atoms. The Kier molecular flexibility index (Phi) is 6.62. The van der Waals surface area contributed by atoms with E-state index in [0.29, 0.717) is 25.0 Å². The molecule has 2 aliphatic rings. The summed E-state index contributed by atoms with van der Waals surface area (Å²) in [6.45, 7) is 2.56. The van der Waals surface area contributed by atoms with Crippen LogP contribution >= 0.6 is 0 Å². The van der Waals surface area contributed by atoms with E-state index in [1.54, 1.807) is 0 Å². The molecule has 19 heavy (non-hydrogen) atoms. The van der Waals surface area contributed by atoms with Gasteiger partial charge in [0.2, 0.25) is 0 Å². The summed E-state index contributed by atoms with van der Waals surface area (Å²) in [5.74, 6) is 2.53. The van der Waals surface area contributed by atoms with Gasteiger partial charge in [-0.25, -0.2) is 0 Å². The maximum atomic E-state index is 9.12. The average molecular weight is 270 g/mol. The third kappa shape index (κ3) is 5.05. The van der Waals surface area contributed by atoms with Gasteiger partial charge in [0, 0.05) is 26.4 Å². The van der Waals surface area contributed by atoms with Crippen LogP contribution in [-0.2, 0) is 4.74 Å². The standard InChI is InChI=1S/C16H30O3/c17-9-13-1-5-15(6-2-13)11-19-12-16-7-3-14(10-18)4-8-16/h13-18H,1-12H2/t13-,14?,15+,16?. The minimum Gasteiger partial charge on any atom is -0.396 e. The largest absolute Gasteiger partial charge is 0.396 e. The molecule has 0 unspecified atom stereocenters. The van der Waals surface area contributed by atoms with Gasteiger partial charge in [0.05, 0.1) is 0 Å². The van der Waals surface area contributed by atoms with Crippen LogP contribution in [0.4, 0.5) is 0 Å². The van der Waals surface area contributed by atoms with Crippen molar-refractivity contribution in [3.63, 3.8) is 0 Å². The van der Waals surface area contributed by atoms with Crippen LogP contribution in [0, 0.1) is 23.7 Å². The lowest BCUT2D eigenvalue weighted by atomic mass is 9.82. The van der Waals surface area contributed by atoms with E-state index >= 15 is 0 Å². The Morgan fingerprint density at radius 3 is 1.21 bits per heavy atom. The van der Waals surface area contributed by atoms with Crippen LogP contribution in [0.3, 0.4) is 0 Å². The van der Waals surface area contributed by atoms with Crippen molar-refractivity contribution < 1.29 is 14.9 Å². The second-order valence-electron chi connectivity index (χ2n) is 6.68. The molecule has 2 rings (SSSR count). The van der Waals surface area contributed by atoms with E-state index in [0.717, 1.165) is 25.0 Å². The van der Waals surface area contributed by atoms with Gasteiger partial charge in [0.25, 0.3) is 0 Å². The quantitative estimate of drug-likeness (QED) is 0.780. The normalized spacial score (nSPS) is 36.3. The van der Waals surface area contributed by atoms with Crippen molar-refractivity contribution in [1.82, 2.24) is 0 Å². The molecule has 2 fully saturated rings. The molecule has 0 saturated heterocycles. The fraction of sp³-hybridized carbons (Fsp3) is 1.00. The van der Waals surface area contributed by atoms with Crippen molar-refractivity contribution in [2.75, 3.05) is 26.4 Å². The van der Waals surface area contributed by atoms with Crippen LogP contribution in [0.5, 0.6) is 0 Å². The Hall–Kier alpha value is -0.120. The Labute approximate surface area is 117 Å². The van der Waals surface area contributed by atoms with Gasteiger partial charge in [-0.3, -0.25) is 0 Å². The number of hydrogen-bond donors (Lipinski definition) is 2. The Balaban J connectivity index is 1.53. The van der Waals surface area contributed by atoms with E-state index in [9.17, 15) is 0 Å². The zero-order chi connectivity index (χ0) is 13.5. The summed E-state index contributed by atoms with van der Waals surface area (Å²) >= 11 is 0. The first kappa shape index (κ1) is 15.3. The second-order valence-corrected chi connectivity index (χ2v) is 6.68. The lowest BCUT2D eigenvalue weighted by Gasteiger charge is -2.29. The molecule has 3 nitrogen and oxygen atoms in total. The number of aliphatic hydroxyl groups excluding tert-OH is 2. The molecular weight excluding hydrogens is 240 g/mol. The van der Waals surface area contributed by atoms with E-state index in [4.69, 9.17) is 14.9 Å². The van der Waals surface area contributed by atoms with Crippen molar-refractivity contribution in [2.45, 2.75) is 51.4 Å². The minimum atomic E-state index is 0.363. The molecule has 0 spiro atoms. The minimum absolute atomic E-state index is 0.363. The fourth-order valence-corrected chi connectivity index (χ4v) is 3.56. The van der Waals surface area contributed by atoms with Crippen molar-refractivity contribution in [1.29, 1.82) is 0 Å². The molecule has 0 amide bonds. The second kappa shape index (κ2) is 8.23. The predicted molar refractivity (Wildman–Crippen MR) is 75.9 cm³/mol. The highest BCUT2D eigenvalue weighted by Crippen LogP contribution is 2.30. The number of ether oxygens (including phenoxy) is 1. The molecule has 0 aliphatic heterocycles. The summed E-state index contributed by atoms with van der Waals surface area (Å²) in [4.78, 5) is 0. The fourth-order valence-electron chi connectivity index (χ4n) is 3.56. The van der Waals surface area contributed by atoms with E-state index in [1.165, 1.54) is 51.4 Å². The van der Waals surface area contributed by atoms with Crippen molar-refractivity contribution >= 4 is 0 Å². The van der Waals surface area contributed by atoms with Crippen LogP contribution in [0.15, 0.2) is 0 Å². The van der Waals surface area contributed by atoms with E-state index < -0.39 is 0 Å². The first-order valence-electron chi connectivity index (χ1n) is 8.11. The van der Waals surface area contributed by atoms with E-state index in [1.807, 2.05) is 0 Å². The average Bonchev–Trinajstić information content (AvgIpc) is 2.49. The zero-order valence-corrected chi connectivity index (χ0v) is 12.1. The van der Waals surface area contributed by atoms with Gasteiger partial charge in [-0.15, -0.1) is 0 Å². The molecule has 2 aliphatic carbocycles. The third-order valence-corrected chi connectivity index (χ3v) is 5.16. The Morgan fingerprint density at radius 2 is 0.895 bits per heavy atom. The lowest BCUT2D eigenvalue weighted by Crippen LogP contribution is -2.24. The van der Waals surface area contributed by atoms with Gasteiger partial charge in [-0.05, 0) is 75.0 Å². The summed E-state index contributed by atoms with van der Waals surface area (Å²) in [7, 11) is 0. The topological polar surface area (TPSA) is 49.7 Å². The molecule has 0 heterocycles. The van der Waals surface area contributed by atoms with Gasteiger partial charge < -0.3 is 14.9 Å². The summed E-state index contributed by atoms with van der Waals surface area (Å²) in [6.07, 6.45) is 9.59. The van der Waals surface area contributed by atoms with Crippen molar-refractivity contribution in [2.24, 2.45) is 23.7 Å². The Bertz CT molecular complexity index is 204.